The van der Waals surface area contributed by atoms with Crippen LogP contribution in [0.25, 0.3) is 0 Å². The van der Waals surface area contributed by atoms with E-state index in [4.69, 9.17) is 23.2 Å². The number of benzene rings is 1. The first-order chi connectivity index (χ1) is 10.8. The summed E-state index contributed by atoms with van der Waals surface area (Å²) < 4.78 is 0. The predicted molar refractivity (Wildman–Crippen MR) is 94.6 cm³/mol. The summed E-state index contributed by atoms with van der Waals surface area (Å²) in [6.45, 7) is 8.41. The Hall–Kier alpha value is -1.26. The molecule has 23 heavy (non-hydrogen) atoms. The Morgan fingerprint density at radius 3 is 2.39 bits per heavy atom. The van der Waals surface area contributed by atoms with Crippen LogP contribution in [0.2, 0.25) is 10.0 Å². The van der Waals surface area contributed by atoms with E-state index < -0.39 is 6.04 Å². The highest BCUT2D eigenvalue weighted by Crippen LogP contribution is 2.23. The summed E-state index contributed by atoms with van der Waals surface area (Å²) >= 11 is 12.1. The molecule has 0 aliphatic rings. The molecule has 1 rings (SSSR count). The van der Waals surface area contributed by atoms with Crippen LogP contribution in [0, 0.1) is 5.92 Å². The highest BCUT2D eigenvalue weighted by molar-refractivity contribution is 6.35. The standard InChI is InChI=1S/C17H24Cl2N2O2/c1-5-16(22)21(12(4)17(23)20-9-11(2)3)10-13-6-7-14(18)8-15(13)19/h6-8,11-12H,5,9-10H2,1-4H3,(H,20,23)/t12-/m0/s1. The van der Waals surface area contributed by atoms with Crippen LogP contribution in [0.1, 0.15) is 39.7 Å². The van der Waals surface area contributed by atoms with Crippen LogP contribution in [0.15, 0.2) is 18.2 Å². The van der Waals surface area contributed by atoms with Crippen molar-refractivity contribution in [3.05, 3.63) is 33.8 Å². The second-order valence-electron chi connectivity index (χ2n) is 5.93. The van der Waals surface area contributed by atoms with Gasteiger partial charge in [-0.3, -0.25) is 9.59 Å². The number of nitrogens with zero attached hydrogens (tertiary/aromatic N) is 1. The molecule has 128 valence electrons. The molecule has 0 unspecified atom stereocenters. The van der Waals surface area contributed by atoms with Crippen LogP contribution in [-0.4, -0.2) is 29.3 Å². The number of halogens is 2. The Morgan fingerprint density at radius 2 is 1.87 bits per heavy atom. The number of hydrogen-bond donors (Lipinski definition) is 1. The molecule has 4 nitrogen and oxygen atoms in total. The van der Waals surface area contributed by atoms with Crippen molar-refractivity contribution < 1.29 is 9.59 Å². The molecule has 1 N–H and O–H groups in total. The summed E-state index contributed by atoms with van der Waals surface area (Å²) in [6, 6.07) is 4.57. The van der Waals surface area contributed by atoms with Crippen molar-refractivity contribution >= 4 is 35.0 Å². The number of rotatable bonds is 7. The predicted octanol–water partition coefficient (Wildman–Crippen LogP) is 3.89. The van der Waals surface area contributed by atoms with Gasteiger partial charge in [0.05, 0.1) is 0 Å². The Kier molecular flexibility index (Phi) is 7.86. The normalized spacial score (nSPS) is 12.1. The average molecular weight is 359 g/mol. The van der Waals surface area contributed by atoms with Gasteiger partial charge in [0.2, 0.25) is 11.8 Å². The fourth-order valence-corrected chi connectivity index (χ4v) is 2.54. The summed E-state index contributed by atoms with van der Waals surface area (Å²) in [5, 5.41) is 3.89. The number of nitrogens with one attached hydrogen (secondary N) is 1. The number of hydrogen-bond acceptors (Lipinski definition) is 2. The van der Waals surface area contributed by atoms with Gasteiger partial charge in [0, 0.05) is 29.6 Å². The molecular formula is C17H24Cl2N2O2. The van der Waals surface area contributed by atoms with Crippen LogP contribution < -0.4 is 5.32 Å². The van der Waals surface area contributed by atoms with Gasteiger partial charge in [0.15, 0.2) is 0 Å². The fraction of sp³-hybridized carbons (Fsp3) is 0.529. The molecule has 0 heterocycles. The van der Waals surface area contributed by atoms with Gasteiger partial charge in [0.25, 0.3) is 0 Å². The first kappa shape index (κ1) is 19.8. The van der Waals surface area contributed by atoms with E-state index in [0.29, 0.717) is 28.9 Å². The molecule has 0 spiro atoms. The number of carbonyl (C=O) groups is 2. The molecule has 0 aliphatic carbocycles. The lowest BCUT2D eigenvalue weighted by Gasteiger charge is -2.29. The van der Waals surface area contributed by atoms with Crippen molar-refractivity contribution in [3.63, 3.8) is 0 Å². The van der Waals surface area contributed by atoms with Gasteiger partial charge in [-0.05, 0) is 30.5 Å². The first-order valence-electron chi connectivity index (χ1n) is 7.77. The second kappa shape index (κ2) is 9.14. The SMILES string of the molecule is CCC(=O)N(Cc1ccc(Cl)cc1Cl)[C@@H](C)C(=O)NCC(C)C. The molecule has 1 aromatic carbocycles. The molecule has 0 radical (unpaired) electrons. The van der Waals surface area contributed by atoms with E-state index in [1.807, 2.05) is 13.8 Å². The molecule has 0 aromatic heterocycles. The summed E-state index contributed by atoms with van der Waals surface area (Å²) in [5.41, 5.74) is 0.765. The van der Waals surface area contributed by atoms with E-state index in [1.165, 1.54) is 0 Å². The average Bonchev–Trinajstić information content (AvgIpc) is 2.50. The minimum atomic E-state index is -0.562. The van der Waals surface area contributed by atoms with E-state index in [2.05, 4.69) is 5.32 Å². The zero-order valence-corrected chi connectivity index (χ0v) is 15.5. The Balaban J connectivity index is 2.91. The Labute approximate surface area is 148 Å². The van der Waals surface area contributed by atoms with Crippen LogP contribution in [0.3, 0.4) is 0 Å². The van der Waals surface area contributed by atoms with Gasteiger partial charge in [-0.1, -0.05) is 50.0 Å². The van der Waals surface area contributed by atoms with Crippen LogP contribution in [-0.2, 0) is 16.1 Å². The molecule has 0 aliphatic heterocycles. The number of amides is 2. The highest BCUT2D eigenvalue weighted by atomic mass is 35.5. The summed E-state index contributed by atoms with van der Waals surface area (Å²) in [4.78, 5) is 26.1. The monoisotopic (exact) mass is 358 g/mol. The summed E-state index contributed by atoms with van der Waals surface area (Å²) in [7, 11) is 0. The van der Waals surface area contributed by atoms with E-state index in [-0.39, 0.29) is 18.4 Å². The molecule has 6 heteroatoms. The molecular weight excluding hydrogens is 335 g/mol. The Bertz CT molecular complexity index is 562. The van der Waals surface area contributed by atoms with Gasteiger partial charge in [-0.2, -0.15) is 0 Å². The molecule has 0 fully saturated rings. The van der Waals surface area contributed by atoms with Crippen LogP contribution in [0.5, 0.6) is 0 Å². The quantitative estimate of drug-likeness (QED) is 0.803. The van der Waals surface area contributed by atoms with Gasteiger partial charge in [-0.25, -0.2) is 0 Å². The molecule has 2 amide bonds. The van der Waals surface area contributed by atoms with E-state index in [1.54, 1.807) is 36.9 Å². The summed E-state index contributed by atoms with van der Waals surface area (Å²) in [5.74, 6) is 0.0981. The molecule has 0 saturated carbocycles. The largest absolute Gasteiger partial charge is 0.354 e. The third kappa shape index (κ3) is 6.04. The van der Waals surface area contributed by atoms with Crippen molar-refractivity contribution in [2.75, 3.05) is 6.54 Å². The lowest BCUT2D eigenvalue weighted by Crippen LogP contribution is -2.48. The topological polar surface area (TPSA) is 49.4 Å². The molecule has 0 bridgehead atoms. The van der Waals surface area contributed by atoms with Gasteiger partial charge >= 0.3 is 0 Å². The zero-order chi connectivity index (χ0) is 17.6. The van der Waals surface area contributed by atoms with E-state index in [0.717, 1.165) is 5.56 Å². The van der Waals surface area contributed by atoms with Crippen molar-refractivity contribution in [2.24, 2.45) is 5.92 Å². The van der Waals surface area contributed by atoms with Crippen molar-refractivity contribution in [2.45, 2.75) is 46.7 Å². The molecule has 1 aromatic rings. The van der Waals surface area contributed by atoms with Crippen molar-refractivity contribution in [3.8, 4) is 0 Å². The van der Waals surface area contributed by atoms with Crippen LogP contribution in [0.4, 0.5) is 0 Å². The second-order valence-corrected chi connectivity index (χ2v) is 6.77. The Morgan fingerprint density at radius 1 is 1.22 bits per heavy atom. The minimum absolute atomic E-state index is 0.0942. The number of carbonyl (C=O) groups excluding carboxylic acids is 2. The van der Waals surface area contributed by atoms with E-state index >= 15 is 0 Å². The maximum absolute atomic E-state index is 12.3. The smallest absolute Gasteiger partial charge is 0.242 e. The van der Waals surface area contributed by atoms with Crippen LogP contribution >= 0.6 is 23.2 Å². The molecule has 1 atom stereocenters. The van der Waals surface area contributed by atoms with Gasteiger partial charge in [-0.15, -0.1) is 0 Å². The molecule has 0 saturated heterocycles. The lowest BCUT2D eigenvalue weighted by molar-refractivity contribution is -0.140. The van der Waals surface area contributed by atoms with Crippen molar-refractivity contribution in [1.82, 2.24) is 10.2 Å². The fourth-order valence-electron chi connectivity index (χ4n) is 2.07. The zero-order valence-electron chi connectivity index (χ0n) is 14.0. The maximum Gasteiger partial charge on any atom is 0.242 e. The lowest BCUT2D eigenvalue weighted by atomic mass is 10.1. The minimum Gasteiger partial charge on any atom is -0.354 e. The highest BCUT2D eigenvalue weighted by Gasteiger charge is 2.25. The summed E-state index contributed by atoms with van der Waals surface area (Å²) in [6.07, 6.45) is 0.326. The maximum atomic E-state index is 12.3. The van der Waals surface area contributed by atoms with E-state index in [9.17, 15) is 9.59 Å². The van der Waals surface area contributed by atoms with Crippen molar-refractivity contribution in [1.29, 1.82) is 0 Å². The third-order valence-electron chi connectivity index (χ3n) is 3.51. The first-order valence-corrected chi connectivity index (χ1v) is 8.52. The third-order valence-corrected chi connectivity index (χ3v) is 4.10. The van der Waals surface area contributed by atoms with Gasteiger partial charge < -0.3 is 10.2 Å². The van der Waals surface area contributed by atoms with Gasteiger partial charge in [0.1, 0.15) is 6.04 Å².